The van der Waals surface area contributed by atoms with Gasteiger partial charge in [0, 0.05) is 28.7 Å². The predicted octanol–water partition coefficient (Wildman–Crippen LogP) is 3.69. The Balaban J connectivity index is 1.75. The lowest BCUT2D eigenvalue weighted by molar-refractivity contribution is 0.0697. The molecule has 5 heteroatoms. The second-order valence-electron chi connectivity index (χ2n) is 4.89. The highest BCUT2D eigenvalue weighted by molar-refractivity contribution is 9.10. The van der Waals surface area contributed by atoms with Gasteiger partial charge in [-0.15, -0.1) is 0 Å². The minimum atomic E-state index is -0.917. The first kappa shape index (κ1) is 13.9. The van der Waals surface area contributed by atoms with Crippen LogP contribution in [0.3, 0.4) is 0 Å². The molecular formula is C16H14BrNO3. The fourth-order valence-electron chi connectivity index (χ4n) is 2.41. The molecule has 1 heterocycles. The number of rotatable bonds is 4. The zero-order chi connectivity index (χ0) is 14.8. The molecule has 0 aliphatic carbocycles. The molecule has 0 spiro atoms. The third-order valence-electron chi connectivity index (χ3n) is 3.44. The molecule has 1 aliphatic heterocycles. The predicted molar refractivity (Wildman–Crippen MR) is 84.1 cm³/mol. The van der Waals surface area contributed by atoms with Gasteiger partial charge < -0.3 is 15.2 Å². The van der Waals surface area contributed by atoms with Crippen molar-refractivity contribution in [3.63, 3.8) is 0 Å². The van der Waals surface area contributed by atoms with Crippen LogP contribution in [-0.4, -0.2) is 17.7 Å². The van der Waals surface area contributed by atoms with Crippen molar-refractivity contribution in [2.45, 2.75) is 13.0 Å². The summed E-state index contributed by atoms with van der Waals surface area (Å²) in [6.07, 6.45) is 0.940. The van der Waals surface area contributed by atoms with Crippen molar-refractivity contribution >= 4 is 27.6 Å². The van der Waals surface area contributed by atoms with Gasteiger partial charge >= 0.3 is 5.97 Å². The molecule has 2 aromatic carbocycles. The van der Waals surface area contributed by atoms with Gasteiger partial charge in [-0.05, 0) is 42.0 Å². The highest BCUT2D eigenvalue weighted by atomic mass is 79.9. The molecule has 2 N–H and O–H groups in total. The van der Waals surface area contributed by atoms with E-state index in [2.05, 4.69) is 27.3 Å². The number of halogens is 1. The fraction of sp³-hybridized carbons (Fsp3) is 0.188. The largest absolute Gasteiger partial charge is 0.493 e. The number of carboxylic acids is 1. The van der Waals surface area contributed by atoms with Crippen molar-refractivity contribution < 1.29 is 14.6 Å². The Hall–Kier alpha value is -2.01. The standard InChI is InChI=1S/C16H14BrNO3/c17-13-7-11-5-6-21-15(11)12(8-13)9-18-14-3-1-10(2-4-14)16(19)20/h1-4,7-8,18H,5-6,9H2,(H,19,20). The van der Waals surface area contributed by atoms with Crippen LogP contribution < -0.4 is 10.1 Å². The topological polar surface area (TPSA) is 58.6 Å². The summed E-state index contributed by atoms with van der Waals surface area (Å²) >= 11 is 3.52. The molecule has 0 saturated heterocycles. The van der Waals surface area contributed by atoms with Crippen LogP contribution in [0.4, 0.5) is 5.69 Å². The summed E-state index contributed by atoms with van der Waals surface area (Å²) in [5.41, 5.74) is 3.49. The highest BCUT2D eigenvalue weighted by Gasteiger charge is 2.17. The van der Waals surface area contributed by atoms with Crippen molar-refractivity contribution in [2.75, 3.05) is 11.9 Å². The van der Waals surface area contributed by atoms with Crippen LogP contribution in [0.1, 0.15) is 21.5 Å². The van der Waals surface area contributed by atoms with E-state index in [1.807, 2.05) is 6.07 Å². The molecule has 0 aromatic heterocycles. The van der Waals surface area contributed by atoms with E-state index in [1.54, 1.807) is 24.3 Å². The van der Waals surface area contributed by atoms with E-state index in [0.717, 1.165) is 34.5 Å². The van der Waals surface area contributed by atoms with Crippen molar-refractivity contribution in [1.82, 2.24) is 0 Å². The van der Waals surface area contributed by atoms with E-state index in [9.17, 15) is 4.79 Å². The summed E-state index contributed by atoms with van der Waals surface area (Å²) in [4.78, 5) is 10.8. The van der Waals surface area contributed by atoms with Crippen LogP contribution in [-0.2, 0) is 13.0 Å². The van der Waals surface area contributed by atoms with Crippen molar-refractivity contribution in [1.29, 1.82) is 0 Å². The van der Waals surface area contributed by atoms with Crippen LogP contribution in [0.15, 0.2) is 40.9 Å². The summed E-state index contributed by atoms with van der Waals surface area (Å²) in [6.45, 7) is 1.36. The second kappa shape index (κ2) is 5.77. The summed E-state index contributed by atoms with van der Waals surface area (Å²) < 4.78 is 6.73. The van der Waals surface area contributed by atoms with E-state index >= 15 is 0 Å². The van der Waals surface area contributed by atoms with Crippen LogP contribution >= 0.6 is 15.9 Å². The number of carboxylic acid groups (broad SMARTS) is 1. The fourth-order valence-corrected chi connectivity index (χ4v) is 2.96. The van der Waals surface area contributed by atoms with Gasteiger partial charge in [-0.25, -0.2) is 4.79 Å². The quantitative estimate of drug-likeness (QED) is 0.885. The molecule has 0 radical (unpaired) electrons. The molecule has 0 unspecified atom stereocenters. The van der Waals surface area contributed by atoms with Gasteiger partial charge in [0.2, 0.25) is 0 Å². The van der Waals surface area contributed by atoms with Crippen LogP contribution in [0.25, 0.3) is 0 Å². The molecule has 108 valence electrons. The van der Waals surface area contributed by atoms with Gasteiger partial charge in [-0.3, -0.25) is 0 Å². The van der Waals surface area contributed by atoms with Gasteiger partial charge in [-0.2, -0.15) is 0 Å². The number of ether oxygens (including phenoxy) is 1. The highest BCUT2D eigenvalue weighted by Crippen LogP contribution is 2.33. The van der Waals surface area contributed by atoms with Crippen LogP contribution in [0.2, 0.25) is 0 Å². The Morgan fingerprint density at radius 2 is 2.05 bits per heavy atom. The molecule has 0 saturated carbocycles. The Kier molecular flexibility index (Phi) is 3.84. The molecule has 0 amide bonds. The number of benzene rings is 2. The number of hydrogen-bond acceptors (Lipinski definition) is 3. The number of hydrogen-bond donors (Lipinski definition) is 2. The van der Waals surface area contributed by atoms with Gasteiger partial charge in [0.05, 0.1) is 12.2 Å². The number of aromatic carboxylic acids is 1. The maximum Gasteiger partial charge on any atom is 0.335 e. The third kappa shape index (κ3) is 3.03. The Bertz CT molecular complexity index is 683. The number of carbonyl (C=O) groups is 1. The molecule has 1 aliphatic rings. The minimum absolute atomic E-state index is 0.284. The summed E-state index contributed by atoms with van der Waals surface area (Å²) in [5.74, 6) is 0.0487. The summed E-state index contributed by atoms with van der Waals surface area (Å²) in [7, 11) is 0. The Labute approximate surface area is 130 Å². The van der Waals surface area contributed by atoms with Gasteiger partial charge in [-0.1, -0.05) is 15.9 Å². The summed E-state index contributed by atoms with van der Waals surface area (Å²) in [6, 6.07) is 10.8. The monoisotopic (exact) mass is 347 g/mol. The first-order valence-electron chi connectivity index (χ1n) is 6.65. The van der Waals surface area contributed by atoms with E-state index in [1.165, 1.54) is 5.56 Å². The average Bonchev–Trinajstić information content (AvgIpc) is 2.93. The lowest BCUT2D eigenvalue weighted by atomic mass is 10.1. The maximum absolute atomic E-state index is 10.8. The van der Waals surface area contributed by atoms with E-state index < -0.39 is 5.97 Å². The average molecular weight is 348 g/mol. The lowest BCUT2D eigenvalue weighted by Crippen LogP contribution is -2.02. The summed E-state index contributed by atoms with van der Waals surface area (Å²) in [5, 5.41) is 12.2. The number of nitrogens with one attached hydrogen (secondary N) is 1. The van der Waals surface area contributed by atoms with Crippen molar-refractivity contribution in [3.05, 3.63) is 57.6 Å². The van der Waals surface area contributed by atoms with E-state index in [-0.39, 0.29) is 5.56 Å². The van der Waals surface area contributed by atoms with Crippen molar-refractivity contribution in [3.8, 4) is 5.75 Å². The lowest BCUT2D eigenvalue weighted by Gasteiger charge is -2.11. The first-order valence-corrected chi connectivity index (χ1v) is 7.44. The molecule has 0 atom stereocenters. The maximum atomic E-state index is 10.8. The molecular weight excluding hydrogens is 334 g/mol. The molecule has 21 heavy (non-hydrogen) atoms. The molecule has 0 bridgehead atoms. The molecule has 3 rings (SSSR count). The minimum Gasteiger partial charge on any atom is -0.493 e. The first-order chi connectivity index (χ1) is 10.1. The smallest absolute Gasteiger partial charge is 0.335 e. The Morgan fingerprint density at radius 1 is 1.29 bits per heavy atom. The normalized spacial score (nSPS) is 12.6. The molecule has 0 fully saturated rings. The zero-order valence-electron chi connectivity index (χ0n) is 11.2. The van der Waals surface area contributed by atoms with E-state index in [0.29, 0.717) is 6.54 Å². The van der Waals surface area contributed by atoms with Gasteiger partial charge in [0.15, 0.2) is 0 Å². The second-order valence-corrected chi connectivity index (χ2v) is 5.80. The molecule has 2 aromatic rings. The van der Waals surface area contributed by atoms with E-state index in [4.69, 9.17) is 9.84 Å². The van der Waals surface area contributed by atoms with Gasteiger partial charge in [0.25, 0.3) is 0 Å². The number of fused-ring (bicyclic) bond motifs is 1. The molecule has 4 nitrogen and oxygen atoms in total. The van der Waals surface area contributed by atoms with Crippen LogP contribution in [0.5, 0.6) is 5.75 Å². The van der Waals surface area contributed by atoms with Gasteiger partial charge in [0.1, 0.15) is 5.75 Å². The van der Waals surface area contributed by atoms with Crippen LogP contribution in [0, 0.1) is 0 Å². The number of anilines is 1. The Morgan fingerprint density at radius 3 is 2.76 bits per heavy atom. The van der Waals surface area contributed by atoms with Crippen molar-refractivity contribution in [2.24, 2.45) is 0 Å². The third-order valence-corrected chi connectivity index (χ3v) is 3.90. The zero-order valence-corrected chi connectivity index (χ0v) is 12.8. The SMILES string of the molecule is O=C(O)c1ccc(NCc2cc(Br)cc3c2OCC3)cc1.